The van der Waals surface area contributed by atoms with Crippen LogP contribution in [0, 0.1) is 0 Å². The third kappa shape index (κ3) is 3.43. The predicted octanol–water partition coefficient (Wildman–Crippen LogP) is 3.26. The van der Waals surface area contributed by atoms with Crippen molar-refractivity contribution in [2.24, 2.45) is 4.99 Å². The lowest BCUT2D eigenvalue weighted by molar-refractivity contribution is -0.0296. The van der Waals surface area contributed by atoms with E-state index in [4.69, 9.17) is 16.6 Å². The smallest absolute Gasteiger partial charge is 0.139 e. The van der Waals surface area contributed by atoms with Gasteiger partial charge in [0.1, 0.15) is 6.17 Å². The van der Waals surface area contributed by atoms with Crippen molar-refractivity contribution in [1.29, 1.82) is 0 Å². The number of anilines is 1. The van der Waals surface area contributed by atoms with E-state index in [-0.39, 0.29) is 6.17 Å². The molecule has 0 saturated carbocycles. The Morgan fingerprint density at radius 2 is 1.65 bits per heavy atom. The minimum Gasteiger partial charge on any atom is -0.362 e. The zero-order valence-electron chi connectivity index (χ0n) is 14.0. The van der Waals surface area contributed by atoms with Crippen LogP contribution in [0.4, 0.5) is 5.69 Å². The van der Waals surface area contributed by atoms with Crippen molar-refractivity contribution in [2.45, 2.75) is 6.17 Å². The number of hydrogen-bond donors (Lipinski definition) is 2. The average Bonchev–Trinajstić information content (AvgIpc) is 2.78. The third-order valence-corrected chi connectivity index (χ3v) is 4.50. The Labute approximate surface area is 156 Å². The molecule has 4 nitrogen and oxygen atoms in total. The highest BCUT2D eigenvalue weighted by Gasteiger charge is 2.20. The van der Waals surface area contributed by atoms with Crippen molar-refractivity contribution < 1.29 is 5.21 Å². The number of benzene rings is 3. The molecule has 0 aromatic heterocycles. The molecule has 0 aliphatic carbocycles. The molecule has 3 aromatic carbocycles. The second kappa shape index (κ2) is 7.20. The first-order chi connectivity index (χ1) is 12.7. The number of rotatable bonds is 3. The Morgan fingerprint density at radius 3 is 2.38 bits per heavy atom. The Balaban J connectivity index is 1.86. The quantitative estimate of drug-likeness (QED) is 0.751. The summed E-state index contributed by atoms with van der Waals surface area (Å²) in [5.74, 6) is 0. The lowest BCUT2D eigenvalue weighted by Crippen LogP contribution is -2.33. The number of para-hydroxylation sites is 1. The maximum atomic E-state index is 10.8. The zero-order chi connectivity index (χ0) is 17.9. The van der Waals surface area contributed by atoms with Gasteiger partial charge in [0.05, 0.1) is 17.6 Å². The van der Waals surface area contributed by atoms with Gasteiger partial charge in [-0.3, -0.25) is 15.3 Å². The Morgan fingerprint density at radius 1 is 0.962 bits per heavy atom. The van der Waals surface area contributed by atoms with Crippen LogP contribution in [0.5, 0.6) is 0 Å². The second-order valence-corrected chi connectivity index (χ2v) is 6.55. The van der Waals surface area contributed by atoms with Crippen LogP contribution >= 0.6 is 11.6 Å². The summed E-state index contributed by atoms with van der Waals surface area (Å²) in [5.41, 5.74) is 2.56. The second-order valence-electron chi connectivity index (χ2n) is 6.11. The number of fused-ring (bicyclic) bond motifs is 1. The lowest BCUT2D eigenvalue weighted by atomic mass is 10.1. The average molecular weight is 364 g/mol. The molecule has 3 aromatic rings. The van der Waals surface area contributed by atoms with Crippen LogP contribution in [0.3, 0.4) is 0 Å². The van der Waals surface area contributed by atoms with E-state index in [1.807, 2.05) is 78.9 Å². The first-order valence-corrected chi connectivity index (χ1v) is 8.79. The van der Waals surface area contributed by atoms with Crippen LogP contribution in [0.15, 0.2) is 83.9 Å². The molecular weight excluding hydrogens is 346 g/mol. The molecule has 1 atom stereocenters. The monoisotopic (exact) mass is 363 g/mol. The minimum atomic E-state index is -0.302. The van der Waals surface area contributed by atoms with Gasteiger partial charge < -0.3 is 5.32 Å². The summed E-state index contributed by atoms with van der Waals surface area (Å²) in [6.07, 6.45) is -0.302. The van der Waals surface area contributed by atoms with E-state index in [0.717, 1.165) is 21.8 Å². The Kier molecular flexibility index (Phi) is 4.61. The fourth-order valence-corrected chi connectivity index (χ4v) is 3.29. The molecule has 0 saturated heterocycles. The van der Waals surface area contributed by atoms with E-state index < -0.39 is 0 Å². The first kappa shape index (κ1) is 16.6. The summed E-state index contributed by atoms with van der Waals surface area (Å²) < 4.78 is 0. The highest BCUT2D eigenvalue weighted by molar-refractivity contribution is 6.30. The molecule has 0 spiro atoms. The summed E-state index contributed by atoms with van der Waals surface area (Å²) in [4.78, 5) is 4.81. The van der Waals surface area contributed by atoms with Crippen molar-refractivity contribution in [3.05, 3.63) is 100 Å². The van der Waals surface area contributed by atoms with Gasteiger partial charge in [0.25, 0.3) is 0 Å². The molecule has 0 radical (unpaired) electrons. The molecule has 130 valence electrons. The summed E-state index contributed by atoms with van der Waals surface area (Å²) >= 11 is 6.23. The van der Waals surface area contributed by atoms with E-state index in [1.165, 1.54) is 5.06 Å². The van der Waals surface area contributed by atoms with Crippen LogP contribution in [-0.2, 0) is 0 Å². The summed E-state index contributed by atoms with van der Waals surface area (Å²) in [5, 5.41) is 17.7. The van der Waals surface area contributed by atoms with Crippen molar-refractivity contribution in [3.8, 4) is 0 Å². The zero-order valence-corrected chi connectivity index (χ0v) is 14.8. The number of nitrogens with one attached hydrogen (secondary N) is 1. The first-order valence-electron chi connectivity index (χ1n) is 8.42. The molecule has 0 bridgehead atoms. The standard InChI is InChI=1S/C21H18ClN3O/c22-16-11-12-19-18(13-16)21(15-7-3-1-4-8-15)25(26)14-20(24-19)23-17-9-5-2-6-10-17/h1-13,20,23,26H,14H2. The van der Waals surface area contributed by atoms with Crippen molar-refractivity contribution in [2.75, 3.05) is 11.9 Å². The fraction of sp³-hybridized carbons (Fsp3) is 0.0952. The minimum absolute atomic E-state index is 0.302. The molecule has 1 aliphatic heterocycles. The molecule has 0 amide bonds. The van der Waals surface area contributed by atoms with Crippen LogP contribution in [0.25, 0.3) is 5.70 Å². The predicted molar refractivity (Wildman–Crippen MR) is 104 cm³/mol. The van der Waals surface area contributed by atoms with Gasteiger partial charge in [0.15, 0.2) is 0 Å². The van der Waals surface area contributed by atoms with E-state index in [9.17, 15) is 5.21 Å². The van der Waals surface area contributed by atoms with E-state index in [1.54, 1.807) is 0 Å². The molecule has 5 heteroatoms. The van der Waals surface area contributed by atoms with Crippen LogP contribution < -0.4 is 15.9 Å². The summed E-state index contributed by atoms with van der Waals surface area (Å²) in [6.45, 7) is 0.311. The highest BCUT2D eigenvalue weighted by atomic mass is 35.5. The molecule has 26 heavy (non-hydrogen) atoms. The number of hydrogen-bond acceptors (Lipinski definition) is 4. The molecule has 1 unspecified atom stereocenters. The van der Waals surface area contributed by atoms with E-state index in [2.05, 4.69) is 5.32 Å². The van der Waals surface area contributed by atoms with Gasteiger partial charge in [-0.25, -0.2) is 0 Å². The van der Waals surface area contributed by atoms with Crippen molar-refractivity contribution >= 4 is 23.0 Å². The fourth-order valence-electron chi connectivity index (χ4n) is 3.12. The summed E-state index contributed by atoms with van der Waals surface area (Å²) in [6, 6.07) is 25.2. The van der Waals surface area contributed by atoms with Crippen LogP contribution in [0.1, 0.15) is 5.56 Å². The molecule has 1 heterocycles. The van der Waals surface area contributed by atoms with E-state index >= 15 is 0 Å². The molecule has 1 aliphatic rings. The van der Waals surface area contributed by atoms with E-state index in [0.29, 0.717) is 17.3 Å². The lowest BCUT2D eigenvalue weighted by Gasteiger charge is -2.23. The van der Waals surface area contributed by atoms with Crippen molar-refractivity contribution in [1.82, 2.24) is 5.06 Å². The maximum Gasteiger partial charge on any atom is 0.139 e. The van der Waals surface area contributed by atoms with Gasteiger partial charge in [-0.1, -0.05) is 60.1 Å². The molecule has 2 N–H and O–H groups in total. The normalized spacial score (nSPS) is 16.5. The number of hydroxylamine groups is 2. The van der Waals surface area contributed by atoms with Gasteiger partial charge in [0, 0.05) is 21.5 Å². The number of halogens is 1. The Hall–Kier alpha value is -2.82. The van der Waals surface area contributed by atoms with Crippen LogP contribution in [0.2, 0.25) is 5.02 Å². The maximum absolute atomic E-state index is 10.8. The summed E-state index contributed by atoms with van der Waals surface area (Å²) in [7, 11) is 0. The molecule has 4 rings (SSSR count). The van der Waals surface area contributed by atoms with Gasteiger partial charge in [-0.2, -0.15) is 0 Å². The van der Waals surface area contributed by atoms with Gasteiger partial charge >= 0.3 is 0 Å². The van der Waals surface area contributed by atoms with Crippen molar-refractivity contribution in [3.63, 3.8) is 0 Å². The third-order valence-electron chi connectivity index (χ3n) is 4.27. The number of nitrogens with zero attached hydrogens (tertiary/aromatic N) is 2. The molecule has 0 fully saturated rings. The van der Waals surface area contributed by atoms with Gasteiger partial charge in [-0.15, -0.1) is 0 Å². The van der Waals surface area contributed by atoms with Gasteiger partial charge in [-0.05, 0) is 30.3 Å². The van der Waals surface area contributed by atoms with Gasteiger partial charge in [0.2, 0.25) is 0 Å². The highest BCUT2D eigenvalue weighted by Crippen LogP contribution is 2.18. The molecular formula is C21H18ClN3O. The SMILES string of the molecule is ON1CC(Nc2ccccc2)N=c2ccc(Cl)cc2=C1c1ccccc1. The Bertz CT molecular complexity index is 1020. The largest absolute Gasteiger partial charge is 0.362 e. The topological polar surface area (TPSA) is 47.9 Å². The van der Waals surface area contributed by atoms with Crippen LogP contribution in [-0.4, -0.2) is 23.0 Å².